The van der Waals surface area contributed by atoms with Gasteiger partial charge in [0.05, 0.1) is 11.7 Å². The normalized spacial score (nSPS) is 12.2. The summed E-state index contributed by atoms with van der Waals surface area (Å²) in [5.74, 6) is 0.0325. The van der Waals surface area contributed by atoms with Gasteiger partial charge in [0.25, 0.3) is 0 Å². The van der Waals surface area contributed by atoms with Gasteiger partial charge in [-0.05, 0) is 32.2 Å². The van der Waals surface area contributed by atoms with Gasteiger partial charge in [0.1, 0.15) is 5.75 Å². The Morgan fingerprint density at radius 3 is 2.77 bits per heavy atom. The molecule has 0 radical (unpaired) electrons. The minimum absolute atomic E-state index is 0.187. The molecule has 5 nitrogen and oxygen atoms in total. The maximum Gasteiger partial charge on any atom is 0.241 e. The third kappa shape index (κ3) is 3.96. The molecule has 1 amide bonds. The average molecular weight is 320 g/mol. The molecule has 0 bridgehead atoms. The summed E-state index contributed by atoms with van der Waals surface area (Å²) in [6, 6.07) is 10.1. The van der Waals surface area contributed by atoms with Gasteiger partial charge in [-0.15, -0.1) is 0 Å². The summed E-state index contributed by atoms with van der Waals surface area (Å²) in [4.78, 5) is 18.0. The van der Waals surface area contributed by atoms with E-state index >= 15 is 0 Å². The highest BCUT2D eigenvalue weighted by Gasteiger charge is 2.20. The van der Waals surface area contributed by atoms with Gasteiger partial charge in [0.15, 0.2) is 5.15 Å². The Morgan fingerprint density at radius 2 is 2.09 bits per heavy atom. The lowest BCUT2D eigenvalue weighted by Gasteiger charge is -2.24. The number of aromatic hydroxyl groups is 1. The summed E-state index contributed by atoms with van der Waals surface area (Å²) in [6.07, 6.45) is 1.56. The largest absolute Gasteiger partial charge is 0.508 e. The van der Waals surface area contributed by atoms with Crippen LogP contribution in [0.15, 0.2) is 42.6 Å². The minimum atomic E-state index is -0.393. The molecule has 0 unspecified atom stereocenters. The highest BCUT2D eigenvalue weighted by Crippen LogP contribution is 2.20. The number of benzene rings is 1. The van der Waals surface area contributed by atoms with Crippen molar-refractivity contribution >= 4 is 23.2 Å². The van der Waals surface area contributed by atoms with Crippen LogP contribution in [0.2, 0.25) is 5.15 Å². The molecule has 0 saturated carbocycles. The van der Waals surface area contributed by atoms with E-state index in [1.165, 1.54) is 0 Å². The smallest absolute Gasteiger partial charge is 0.241 e. The van der Waals surface area contributed by atoms with Crippen LogP contribution in [-0.2, 0) is 11.3 Å². The summed E-state index contributed by atoms with van der Waals surface area (Å²) < 4.78 is 0. The molecule has 0 fully saturated rings. The SMILES string of the molecule is C[C@H](C(=O)Nc1cccnc1Cl)N(C)Cc1ccccc1O. The lowest BCUT2D eigenvalue weighted by molar-refractivity contribution is -0.120. The fraction of sp³-hybridized carbons (Fsp3) is 0.250. The van der Waals surface area contributed by atoms with Gasteiger partial charge in [-0.2, -0.15) is 0 Å². The number of pyridine rings is 1. The molecule has 0 aliphatic carbocycles. The Morgan fingerprint density at radius 1 is 1.36 bits per heavy atom. The summed E-state index contributed by atoms with van der Waals surface area (Å²) in [5.41, 5.74) is 1.25. The number of hydrogen-bond acceptors (Lipinski definition) is 4. The number of anilines is 1. The lowest BCUT2D eigenvalue weighted by Crippen LogP contribution is -2.39. The molecular weight excluding hydrogens is 302 g/mol. The number of carbonyl (C=O) groups is 1. The van der Waals surface area contributed by atoms with Crippen molar-refractivity contribution in [1.82, 2.24) is 9.88 Å². The van der Waals surface area contributed by atoms with Crippen molar-refractivity contribution < 1.29 is 9.90 Å². The number of carbonyl (C=O) groups excluding carboxylic acids is 1. The molecule has 0 aliphatic rings. The van der Waals surface area contributed by atoms with Crippen LogP contribution in [0.5, 0.6) is 5.75 Å². The van der Waals surface area contributed by atoms with Crippen LogP contribution in [0.1, 0.15) is 12.5 Å². The maximum absolute atomic E-state index is 12.3. The number of rotatable bonds is 5. The summed E-state index contributed by atoms with van der Waals surface area (Å²) in [6.45, 7) is 2.25. The van der Waals surface area contributed by atoms with E-state index in [1.54, 1.807) is 37.4 Å². The number of para-hydroxylation sites is 1. The van der Waals surface area contributed by atoms with Crippen molar-refractivity contribution in [2.24, 2.45) is 0 Å². The Bertz CT molecular complexity index is 663. The van der Waals surface area contributed by atoms with Gasteiger partial charge in [0.2, 0.25) is 5.91 Å². The Balaban J connectivity index is 2.01. The Kier molecular flexibility index (Phi) is 5.35. The summed E-state index contributed by atoms with van der Waals surface area (Å²) in [7, 11) is 1.82. The first-order valence-electron chi connectivity index (χ1n) is 6.87. The molecule has 2 rings (SSSR count). The first-order chi connectivity index (χ1) is 10.5. The number of phenolic OH excluding ortho intramolecular Hbond substituents is 1. The first kappa shape index (κ1) is 16.3. The van der Waals surface area contributed by atoms with Crippen molar-refractivity contribution in [2.75, 3.05) is 12.4 Å². The van der Waals surface area contributed by atoms with Crippen LogP contribution < -0.4 is 5.32 Å². The van der Waals surface area contributed by atoms with Crippen LogP contribution in [0.3, 0.4) is 0 Å². The van der Waals surface area contributed by atoms with E-state index in [9.17, 15) is 9.90 Å². The molecule has 1 aromatic carbocycles. The zero-order chi connectivity index (χ0) is 16.1. The maximum atomic E-state index is 12.3. The second-order valence-corrected chi connectivity index (χ2v) is 5.41. The predicted molar refractivity (Wildman–Crippen MR) is 86.9 cm³/mol. The molecule has 2 aromatic rings. The number of phenols is 1. The van der Waals surface area contributed by atoms with Gasteiger partial charge in [-0.25, -0.2) is 4.98 Å². The monoisotopic (exact) mass is 319 g/mol. The molecule has 1 aromatic heterocycles. The highest BCUT2D eigenvalue weighted by molar-refractivity contribution is 6.32. The molecule has 2 N–H and O–H groups in total. The van der Waals surface area contributed by atoms with Crippen molar-refractivity contribution in [3.63, 3.8) is 0 Å². The third-order valence-corrected chi connectivity index (χ3v) is 3.77. The molecule has 6 heteroatoms. The quantitative estimate of drug-likeness (QED) is 0.832. The van der Waals surface area contributed by atoms with Gasteiger partial charge in [-0.1, -0.05) is 29.8 Å². The number of halogens is 1. The topological polar surface area (TPSA) is 65.5 Å². The minimum Gasteiger partial charge on any atom is -0.508 e. The Labute approximate surface area is 134 Å². The molecule has 22 heavy (non-hydrogen) atoms. The Hall–Kier alpha value is -2.11. The zero-order valence-corrected chi connectivity index (χ0v) is 13.2. The fourth-order valence-electron chi connectivity index (χ4n) is 1.97. The van der Waals surface area contributed by atoms with E-state index < -0.39 is 6.04 Å². The van der Waals surface area contributed by atoms with E-state index in [-0.39, 0.29) is 16.8 Å². The van der Waals surface area contributed by atoms with Crippen molar-refractivity contribution in [1.29, 1.82) is 0 Å². The van der Waals surface area contributed by atoms with Crippen LogP contribution in [0.25, 0.3) is 0 Å². The fourth-order valence-corrected chi connectivity index (χ4v) is 2.13. The first-order valence-corrected chi connectivity index (χ1v) is 7.25. The van der Waals surface area contributed by atoms with E-state index in [1.807, 2.05) is 24.1 Å². The van der Waals surface area contributed by atoms with E-state index in [2.05, 4.69) is 10.3 Å². The molecule has 0 aliphatic heterocycles. The number of hydrogen-bond donors (Lipinski definition) is 2. The molecule has 0 saturated heterocycles. The van der Waals surface area contributed by atoms with E-state index in [0.29, 0.717) is 12.2 Å². The zero-order valence-electron chi connectivity index (χ0n) is 12.5. The van der Waals surface area contributed by atoms with Crippen LogP contribution in [-0.4, -0.2) is 34.0 Å². The molecule has 1 heterocycles. The number of nitrogens with zero attached hydrogens (tertiary/aromatic N) is 2. The molecule has 116 valence electrons. The molecule has 0 spiro atoms. The van der Waals surface area contributed by atoms with Crippen LogP contribution in [0.4, 0.5) is 5.69 Å². The van der Waals surface area contributed by atoms with Gasteiger partial charge < -0.3 is 10.4 Å². The van der Waals surface area contributed by atoms with Gasteiger partial charge >= 0.3 is 0 Å². The third-order valence-electron chi connectivity index (χ3n) is 3.47. The number of aromatic nitrogens is 1. The lowest BCUT2D eigenvalue weighted by atomic mass is 10.1. The molecule has 1 atom stereocenters. The number of nitrogens with one attached hydrogen (secondary N) is 1. The average Bonchev–Trinajstić information content (AvgIpc) is 2.51. The number of likely N-dealkylation sites (N-methyl/N-ethyl adjacent to an activating group) is 1. The van der Waals surface area contributed by atoms with Crippen molar-refractivity contribution in [3.05, 3.63) is 53.3 Å². The van der Waals surface area contributed by atoms with Crippen molar-refractivity contribution in [2.45, 2.75) is 19.5 Å². The van der Waals surface area contributed by atoms with Crippen LogP contribution >= 0.6 is 11.6 Å². The van der Waals surface area contributed by atoms with Crippen molar-refractivity contribution in [3.8, 4) is 5.75 Å². The second kappa shape index (κ2) is 7.24. The van der Waals surface area contributed by atoms with Gasteiger partial charge in [-0.3, -0.25) is 9.69 Å². The second-order valence-electron chi connectivity index (χ2n) is 5.05. The summed E-state index contributed by atoms with van der Waals surface area (Å²) in [5, 5.41) is 12.8. The highest BCUT2D eigenvalue weighted by atomic mass is 35.5. The predicted octanol–water partition coefficient (Wildman–Crippen LogP) is 2.90. The standard InChI is InChI=1S/C16H18ClN3O2/c1-11(16(22)19-13-7-5-9-18-15(13)17)20(2)10-12-6-3-4-8-14(12)21/h3-9,11,21H,10H2,1-2H3,(H,19,22)/t11-/m1/s1. The number of amides is 1. The summed E-state index contributed by atoms with van der Waals surface area (Å²) >= 11 is 5.93. The van der Waals surface area contributed by atoms with Gasteiger partial charge in [0, 0.05) is 18.3 Å². The van der Waals surface area contributed by atoms with Crippen LogP contribution in [0, 0.1) is 0 Å². The van der Waals surface area contributed by atoms with E-state index in [0.717, 1.165) is 5.56 Å². The van der Waals surface area contributed by atoms with E-state index in [4.69, 9.17) is 11.6 Å². The molecular formula is C16H18ClN3O2.